The van der Waals surface area contributed by atoms with Gasteiger partial charge in [0.2, 0.25) is 5.91 Å². The van der Waals surface area contributed by atoms with E-state index in [0.717, 1.165) is 17.0 Å². The number of carbonyl (C=O) groups is 1. The predicted molar refractivity (Wildman–Crippen MR) is 93.4 cm³/mol. The largest absolute Gasteiger partial charge is 0.326 e. The van der Waals surface area contributed by atoms with Gasteiger partial charge in [0.25, 0.3) is 5.78 Å². The molecule has 1 N–H and O–H groups in total. The highest BCUT2D eigenvalue weighted by Crippen LogP contribution is 2.20. The Morgan fingerprint density at radius 1 is 1.40 bits per heavy atom. The average Bonchev–Trinajstić information content (AvgIpc) is 3.04. The van der Waals surface area contributed by atoms with Gasteiger partial charge in [-0.05, 0) is 44.0 Å². The highest BCUT2D eigenvalue weighted by Gasteiger charge is 2.13. The topological polar surface area (TPSA) is 96.0 Å². The number of nitrogens with zero attached hydrogens (tertiary/aromatic N) is 5. The monoisotopic (exact) mass is 354 g/mol. The standard InChI is InChI=1S/C17H15ClN6O/c1-10-14(11(2)24-17(22-10)20-9-21-24)4-6-16(25)23-13-3-5-15(18)12(7-13)8-19/h3,5,7,9H,4,6H2,1-2H3,(H,23,25). The SMILES string of the molecule is Cc1nc2ncnn2c(C)c1CCC(=O)Nc1ccc(Cl)c(C#N)c1. The van der Waals surface area contributed by atoms with Crippen LogP contribution in [0.2, 0.25) is 5.02 Å². The van der Waals surface area contributed by atoms with E-state index in [1.807, 2.05) is 19.9 Å². The van der Waals surface area contributed by atoms with E-state index < -0.39 is 0 Å². The maximum absolute atomic E-state index is 12.2. The van der Waals surface area contributed by atoms with Crippen LogP contribution in [0.25, 0.3) is 5.78 Å². The van der Waals surface area contributed by atoms with Gasteiger partial charge in [-0.15, -0.1) is 0 Å². The fourth-order valence-corrected chi connectivity index (χ4v) is 2.83. The first-order valence-corrected chi connectivity index (χ1v) is 8.02. The van der Waals surface area contributed by atoms with Crippen LogP contribution >= 0.6 is 11.6 Å². The average molecular weight is 355 g/mol. The van der Waals surface area contributed by atoms with E-state index in [1.165, 1.54) is 6.33 Å². The van der Waals surface area contributed by atoms with Crippen LogP contribution in [0, 0.1) is 25.2 Å². The molecule has 2 aromatic heterocycles. The minimum Gasteiger partial charge on any atom is -0.326 e. The molecule has 0 fully saturated rings. The van der Waals surface area contributed by atoms with Gasteiger partial charge < -0.3 is 5.32 Å². The molecule has 0 aliphatic heterocycles. The zero-order chi connectivity index (χ0) is 18.0. The molecule has 1 aromatic carbocycles. The predicted octanol–water partition coefficient (Wildman–Crippen LogP) is 2.84. The second-order valence-corrected chi connectivity index (χ2v) is 5.99. The van der Waals surface area contributed by atoms with Crippen LogP contribution in [0.1, 0.15) is 28.9 Å². The van der Waals surface area contributed by atoms with Gasteiger partial charge >= 0.3 is 0 Å². The van der Waals surface area contributed by atoms with Crippen LogP contribution in [-0.4, -0.2) is 25.5 Å². The lowest BCUT2D eigenvalue weighted by Gasteiger charge is -2.11. The van der Waals surface area contributed by atoms with Crippen molar-refractivity contribution in [3.63, 3.8) is 0 Å². The Morgan fingerprint density at radius 2 is 2.20 bits per heavy atom. The maximum atomic E-state index is 12.2. The summed E-state index contributed by atoms with van der Waals surface area (Å²) in [5.41, 5.74) is 3.60. The molecule has 0 bridgehead atoms. The number of hydrogen-bond donors (Lipinski definition) is 1. The number of halogens is 1. The first-order valence-electron chi connectivity index (χ1n) is 7.65. The zero-order valence-corrected chi connectivity index (χ0v) is 14.5. The molecule has 25 heavy (non-hydrogen) atoms. The molecule has 0 saturated heterocycles. The number of benzene rings is 1. The third kappa shape index (κ3) is 3.44. The number of nitrogens with one attached hydrogen (secondary N) is 1. The number of rotatable bonds is 4. The minimum absolute atomic E-state index is 0.149. The number of nitriles is 1. The first kappa shape index (κ1) is 16.9. The van der Waals surface area contributed by atoms with Gasteiger partial charge in [0.1, 0.15) is 12.4 Å². The molecule has 0 unspecified atom stereocenters. The van der Waals surface area contributed by atoms with Crippen LogP contribution in [0.3, 0.4) is 0 Å². The second-order valence-electron chi connectivity index (χ2n) is 5.59. The number of hydrogen-bond acceptors (Lipinski definition) is 5. The fraction of sp³-hybridized carbons (Fsp3) is 0.235. The number of aromatic nitrogens is 4. The quantitative estimate of drug-likeness (QED) is 0.777. The van der Waals surface area contributed by atoms with E-state index in [2.05, 4.69) is 20.4 Å². The summed E-state index contributed by atoms with van der Waals surface area (Å²) in [5, 5.41) is 16.3. The highest BCUT2D eigenvalue weighted by molar-refractivity contribution is 6.31. The third-order valence-electron chi connectivity index (χ3n) is 3.96. The molecule has 7 nitrogen and oxygen atoms in total. The van der Waals surface area contributed by atoms with Crippen molar-refractivity contribution >= 4 is 29.0 Å². The molecular formula is C17H15ClN6O. The van der Waals surface area contributed by atoms with Crippen LogP contribution in [-0.2, 0) is 11.2 Å². The van der Waals surface area contributed by atoms with E-state index in [1.54, 1.807) is 22.7 Å². The van der Waals surface area contributed by atoms with Gasteiger partial charge in [-0.25, -0.2) is 9.50 Å². The Hall–Kier alpha value is -2.98. The van der Waals surface area contributed by atoms with Gasteiger partial charge in [0, 0.05) is 23.5 Å². The third-order valence-corrected chi connectivity index (χ3v) is 4.29. The molecular weight excluding hydrogens is 340 g/mol. The van der Waals surface area contributed by atoms with Crippen molar-refractivity contribution in [1.82, 2.24) is 19.6 Å². The molecule has 8 heteroatoms. The molecule has 2 heterocycles. The number of anilines is 1. The zero-order valence-electron chi connectivity index (χ0n) is 13.7. The van der Waals surface area contributed by atoms with Gasteiger partial charge in [-0.3, -0.25) is 4.79 Å². The smallest absolute Gasteiger partial charge is 0.252 e. The van der Waals surface area contributed by atoms with Crippen LogP contribution < -0.4 is 5.32 Å². The Balaban J connectivity index is 1.72. The summed E-state index contributed by atoms with van der Waals surface area (Å²) >= 11 is 5.89. The number of carbonyl (C=O) groups excluding carboxylic acids is 1. The van der Waals surface area contributed by atoms with Crippen molar-refractivity contribution in [2.45, 2.75) is 26.7 Å². The van der Waals surface area contributed by atoms with Crippen molar-refractivity contribution in [2.24, 2.45) is 0 Å². The summed E-state index contributed by atoms with van der Waals surface area (Å²) < 4.78 is 1.67. The summed E-state index contributed by atoms with van der Waals surface area (Å²) in [4.78, 5) is 20.7. The van der Waals surface area contributed by atoms with Crippen molar-refractivity contribution in [3.8, 4) is 6.07 Å². The number of fused-ring (bicyclic) bond motifs is 1. The van der Waals surface area contributed by atoms with Gasteiger partial charge in [0.15, 0.2) is 0 Å². The van der Waals surface area contributed by atoms with E-state index in [-0.39, 0.29) is 12.3 Å². The van der Waals surface area contributed by atoms with Crippen LogP contribution in [0.5, 0.6) is 0 Å². The molecule has 0 aliphatic carbocycles. The first-order chi connectivity index (χ1) is 12.0. The Kier molecular flexibility index (Phi) is 4.63. The molecule has 0 aliphatic rings. The molecule has 0 saturated carbocycles. The fourth-order valence-electron chi connectivity index (χ4n) is 2.67. The summed E-state index contributed by atoms with van der Waals surface area (Å²) in [6, 6.07) is 6.80. The van der Waals surface area contributed by atoms with Gasteiger partial charge in [-0.1, -0.05) is 11.6 Å². The summed E-state index contributed by atoms with van der Waals surface area (Å²) in [6.07, 6.45) is 2.28. The number of aryl methyl sites for hydroxylation is 2. The van der Waals surface area contributed by atoms with Crippen molar-refractivity contribution < 1.29 is 4.79 Å². The molecule has 0 atom stereocenters. The molecule has 1 amide bonds. The summed E-state index contributed by atoms with van der Waals surface area (Å²) in [6.45, 7) is 3.83. The lowest BCUT2D eigenvalue weighted by atomic mass is 10.1. The van der Waals surface area contributed by atoms with E-state index in [0.29, 0.717) is 28.5 Å². The molecule has 0 spiro atoms. The lowest BCUT2D eigenvalue weighted by molar-refractivity contribution is -0.116. The van der Waals surface area contributed by atoms with Crippen molar-refractivity contribution in [1.29, 1.82) is 5.26 Å². The van der Waals surface area contributed by atoms with Gasteiger partial charge in [0.05, 0.1) is 10.6 Å². The normalized spacial score (nSPS) is 10.6. The van der Waals surface area contributed by atoms with Crippen molar-refractivity contribution in [3.05, 3.63) is 52.1 Å². The Labute approximate surface area is 149 Å². The van der Waals surface area contributed by atoms with Gasteiger partial charge in [-0.2, -0.15) is 15.3 Å². The van der Waals surface area contributed by atoms with Crippen LogP contribution in [0.4, 0.5) is 5.69 Å². The lowest BCUT2D eigenvalue weighted by Crippen LogP contribution is -2.14. The highest BCUT2D eigenvalue weighted by atomic mass is 35.5. The van der Waals surface area contributed by atoms with E-state index in [9.17, 15) is 4.79 Å². The van der Waals surface area contributed by atoms with E-state index >= 15 is 0 Å². The Morgan fingerprint density at radius 3 is 2.96 bits per heavy atom. The number of amides is 1. The van der Waals surface area contributed by atoms with Crippen molar-refractivity contribution in [2.75, 3.05) is 5.32 Å². The maximum Gasteiger partial charge on any atom is 0.252 e. The van der Waals surface area contributed by atoms with E-state index in [4.69, 9.17) is 16.9 Å². The van der Waals surface area contributed by atoms with Crippen LogP contribution in [0.15, 0.2) is 24.5 Å². The second kappa shape index (κ2) is 6.87. The molecule has 126 valence electrons. The minimum atomic E-state index is -0.149. The summed E-state index contributed by atoms with van der Waals surface area (Å²) in [5.74, 6) is 0.400. The Bertz CT molecular complexity index is 1000. The summed E-state index contributed by atoms with van der Waals surface area (Å²) in [7, 11) is 0. The molecule has 0 radical (unpaired) electrons. The molecule has 3 rings (SSSR count). The molecule has 3 aromatic rings.